The summed E-state index contributed by atoms with van der Waals surface area (Å²) >= 11 is 0. The second-order valence-corrected chi connectivity index (χ2v) is 7.54. The molecule has 1 aliphatic heterocycles. The highest BCUT2D eigenvalue weighted by Gasteiger charge is 2.24. The molecule has 3 heteroatoms. The number of nitrogens with zero attached hydrogens (tertiary/aromatic N) is 1. The molecule has 0 radical (unpaired) electrons. The maximum absolute atomic E-state index is 12.5. The summed E-state index contributed by atoms with van der Waals surface area (Å²) in [5.74, 6) is 1.68. The quantitative estimate of drug-likeness (QED) is 0.741. The van der Waals surface area contributed by atoms with Crippen LogP contribution in [-0.2, 0) is 16.1 Å². The van der Waals surface area contributed by atoms with Gasteiger partial charge in [0.2, 0.25) is 5.91 Å². The minimum Gasteiger partial charge on any atom is -0.376 e. The Bertz CT molecular complexity index is 496. The van der Waals surface area contributed by atoms with Crippen molar-refractivity contribution >= 4 is 5.91 Å². The topological polar surface area (TPSA) is 29.5 Å². The molecule has 1 unspecified atom stereocenters. The summed E-state index contributed by atoms with van der Waals surface area (Å²) in [7, 11) is 0. The molecule has 2 fully saturated rings. The average molecular weight is 329 g/mol. The standard InChI is InChI=1S/C21H31NO2/c23-21(13-12-18-7-4-5-8-18)22-14-6-11-20(15-22)17-24-16-19-9-2-1-3-10-19/h1-3,9-10,18,20H,4-8,11-17H2. The summed E-state index contributed by atoms with van der Waals surface area (Å²) in [5.41, 5.74) is 1.22. The van der Waals surface area contributed by atoms with E-state index < -0.39 is 0 Å². The molecule has 1 aromatic carbocycles. The van der Waals surface area contributed by atoms with E-state index in [2.05, 4.69) is 17.0 Å². The van der Waals surface area contributed by atoms with Crippen molar-refractivity contribution in [3.8, 4) is 0 Å². The van der Waals surface area contributed by atoms with E-state index in [0.717, 1.165) is 44.9 Å². The third kappa shape index (κ3) is 5.34. The van der Waals surface area contributed by atoms with Crippen LogP contribution < -0.4 is 0 Å². The minimum absolute atomic E-state index is 0.370. The van der Waals surface area contributed by atoms with Crippen LogP contribution in [0.1, 0.15) is 56.9 Å². The first-order chi connectivity index (χ1) is 11.8. The van der Waals surface area contributed by atoms with E-state index in [9.17, 15) is 4.79 Å². The molecule has 1 saturated carbocycles. The van der Waals surface area contributed by atoms with Crippen LogP contribution in [0.3, 0.4) is 0 Å². The van der Waals surface area contributed by atoms with Gasteiger partial charge in [-0.25, -0.2) is 0 Å². The molecule has 0 N–H and O–H groups in total. The summed E-state index contributed by atoms with van der Waals surface area (Å²) < 4.78 is 5.89. The molecule has 3 rings (SSSR count). The zero-order valence-electron chi connectivity index (χ0n) is 14.8. The maximum atomic E-state index is 12.5. The highest BCUT2D eigenvalue weighted by atomic mass is 16.5. The lowest BCUT2D eigenvalue weighted by Crippen LogP contribution is -2.41. The van der Waals surface area contributed by atoms with Gasteiger partial charge in [0.15, 0.2) is 0 Å². The fourth-order valence-electron chi connectivity index (χ4n) is 4.13. The van der Waals surface area contributed by atoms with Gasteiger partial charge in [0.25, 0.3) is 0 Å². The zero-order chi connectivity index (χ0) is 16.6. The number of hydrogen-bond acceptors (Lipinski definition) is 2. The maximum Gasteiger partial charge on any atom is 0.222 e. The summed E-state index contributed by atoms with van der Waals surface area (Å²) in [6, 6.07) is 10.3. The molecule has 24 heavy (non-hydrogen) atoms. The first-order valence-corrected chi connectivity index (χ1v) is 9.70. The third-order valence-electron chi connectivity index (χ3n) is 5.58. The molecule has 1 aliphatic carbocycles. The SMILES string of the molecule is O=C(CCC1CCCC1)N1CCCC(COCc2ccccc2)C1. The Morgan fingerprint density at radius 1 is 1.04 bits per heavy atom. The van der Waals surface area contributed by atoms with E-state index in [1.807, 2.05) is 18.2 Å². The van der Waals surface area contributed by atoms with Crippen molar-refractivity contribution in [1.82, 2.24) is 4.90 Å². The Kier molecular flexibility index (Phi) is 6.71. The van der Waals surface area contributed by atoms with Crippen molar-refractivity contribution in [1.29, 1.82) is 0 Å². The van der Waals surface area contributed by atoms with Gasteiger partial charge in [-0.15, -0.1) is 0 Å². The lowest BCUT2D eigenvalue weighted by atomic mass is 9.97. The number of amides is 1. The number of hydrogen-bond donors (Lipinski definition) is 0. The third-order valence-corrected chi connectivity index (χ3v) is 5.58. The van der Waals surface area contributed by atoms with E-state index in [-0.39, 0.29) is 0 Å². The molecule has 1 heterocycles. The van der Waals surface area contributed by atoms with Crippen molar-refractivity contribution in [3.05, 3.63) is 35.9 Å². The van der Waals surface area contributed by atoms with Crippen molar-refractivity contribution in [2.45, 2.75) is 58.0 Å². The Morgan fingerprint density at radius 3 is 2.58 bits per heavy atom. The minimum atomic E-state index is 0.370. The van der Waals surface area contributed by atoms with Crippen LogP contribution in [-0.4, -0.2) is 30.5 Å². The van der Waals surface area contributed by atoms with Gasteiger partial charge in [-0.05, 0) is 36.7 Å². The number of piperidine rings is 1. The van der Waals surface area contributed by atoms with E-state index in [1.165, 1.54) is 37.7 Å². The van der Waals surface area contributed by atoms with Gasteiger partial charge in [0, 0.05) is 19.5 Å². The van der Waals surface area contributed by atoms with E-state index >= 15 is 0 Å². The summed E-state index contributed by atoms with van der Waals surface area (Å²) in [6.45, 7) is 3.27. The second kappa shape index (κ2) is 9.22. The van der Waals surface area contributed by atoms with Crippen LogP contribution in [0.15, 0.2) is 30.3 Å². The van der Waals surface area contributed by atoms with Crippen LogP contribution in [0.2, 0.25) is 0 Å². The van der Waals surface area contributed by atoms with Crippen LogP contribution >= 0.6 is 0 Å². The van der Waals surface area contributed by atoms with E-state index in [4.69, 9.17) is 4.74 Å². The second-order valence-electron chi connectivity index (χ2n) is 7.54. The molecule has 1 atom stereocenters. The van der Waals surface area contributed by atoms with Crippen molar-refractivity contribution in [2.24, 2.45) is 11.8 Å². The summed E-state index contributed by atoms with van der Waals surface area (Å²) in [4.78, 5) is 14.6. The smallest absolute Gasteiger partial charge is 0.222 e. The predicted octanol–water partition coefficient (Wildman–Crippen LogP) is 4.41. The van der Waals surface area contributed by atoms with E-state index in [1.54, 1.807) is 0 Å². The first kappa shape index (κ1) is 17.5. The molecular formula is C21H31NO2. The fourth-order valence-corrected chi connectivity index (χ4v) is 4.13. The Balaban J connectivity index is 1.36. The molecule has 2 aliphatic rings. The molecule has 132 valence electrons. The average Bonchev–Trinajstić information content (AvgIpc) is 3.14. The van der Waals surface area contributed by atoms with E-state index in [0.29, 0.717) is 18.4 Å². The molecule has 1 aromatic rings. The number of benzene rings is 1. The van der Waals surface area contributed by atoms with Gasteiger partial charge >= 0.3 is 0 Å². The zero-order valence-corrected chi connectivity index (χ0v) is 14.8. The Hall–Kier alpha value is -1.35. The van der Waals surface area contributed by atoms with Crippen LogP contribution in [0.4, 0.5) is 0 Å². The summed E-state index contributed by atoms with van der Waals surface area (Å²) in [6.07, 6.45) is 9.56. The molecule has 0 spiro atoms. The molecule has 0 bridgehead atoms. The monoisotopic (exact) mass is 329 g/mol. The number of ether oxygens (including phenoxy) is 1. The lowest BCUT2D eigenvalue weighted by Gasteiger charge is -2.33. The van der Waals surface area contributed by atoms with Gasteiger partial charge < -0.3 is 9.64 Å². The van der Waals surface area contributed by atoms with Gasteiger partial charge in [-0.1, -0.05) is 56.0 Å². The summed E-state index contributed by atoms with van der Waals surface area (Å²) in [5, 5.41) is 0. The highest BCUT2D eigenvalue weighted by Crippen LogP contribution is 2.29. The molecule has 0 aromatic heterocycles. The van der Waals surface area contributed by atoms with Gasteiger partial charge in [-0.3, -0.25) is 4.79 Å². The van der Waals surface area contributed by atoms with Crippen LogP contribution in [0.5, 0.6) is 0 Å². The van der Waals surface area contributed by atoms with Crippen LogP contribution in [0.25, 0.3) is 0 Å². The van der Waals surface area contributed by atoms with Crippen molar-refractivity contribution < 1.29 is 9.53 Å². The molecule has 1 saturated heterocycles. The highest BCUT2D eigenvalue weighted by molar-refractivity contribution is 5.76. The Morgan fingerprint density at radius 2 is 1.79 bits per heavy atom. The lowest BCUT2D eigenvalue weighted by molar-refractivity contribution is -0.133. The Labute approximate surface area is 146 Å². The predicted molar refractivity (Wildman–Crippen MR) is 96.6 cm³/mol. The normalized spacial score (nSPS) is 22.0. The number of rotatable bonds is 7. The van der Waals surface area contributed by atoms with Crippen molar-refractivity contribution in [3.63, 3.8) is 0 Å². The van der Waals surface area contributed by atoms with Crippen LogP contribution in [0, 0.1) is 11.8 Å². The van der Waals surface area contributed by atoms with Gasteiger partial charge in [0.05, 0.1) is 13.2 Å². The van der Waals surface area contributed by atoms with Gasteiger partial charge in [-0.2, -0.15) is 0 Å². The molecule has 1 amide bonds. The fraction of sp³-hybridized carbons (Fsp3) is 0.667. The van der Waals surface area contributed by atoms with Crippen molar-refractivity contribution in [2.75, 3.05) is 19.7 Å². The molecular weight excluding hydrogens is 298 g/mol. The number of likely N-dealkylation sites (tertiary alicyclic amines) is 1. The molecule has 3 nitrogen and oxygen atoms in total. The van der Waals surface area contributed by atoms with Gasteiger partial charge in [0.1, 0.15) is 0 Å². The largest absolute Gasteiger partial charge is 0.376 e. The number of carbonyl (C=O) groups excluding carboxylic acids is 1. The number of carbonyl (C=O) groups is 1. The first-order valence-electron chi connectivity index (χ1n) is 9.70.